The van der Waals surface area contributed by atoms with Crippen molar-refractivity contribution in [3.8, 4) is 0 Å². The van der Waals surface area contributed by atoms with Gasteiger partial charge in [-0.05, 0) is 25.7 Å². The summed E-state index contributed by atoms with van der Waals surface area (Å²) < 4.78 is 3.77. The molecule has 290 valence electrons. The highest BCUT2D eigenvalue weighted by molar-refractivity contribution is 5.62. The number of aromatic nitrogens is 1. The minimum Gasteiger partial charge on any atom is -1.00 e. The van der Waals surface area contributed by atoms with Gasteiger partial charge in [0.25, 0.3) is 0 Å². The van der Waals surface area contributed by atoms with E-state index >= 15 is 0 Å². The molecule has 1 heterocycles. The molecule has 0 saturated carbocycles. The number of hydrogen-bond acceptors (Lipinski definition) is 1. The van der Waals surface area contributed by atoms with Gasteiger partial charge in [-0.25, -0.2) is 4.79 Å². The smallest absolute Gasteiger partial charge is 0.389 e. The molecule has 0 bridgehead atoms. The lowest BCUT2D eigenvalue weighted by molar-refractivity contribution is -0.870. The Morgan fingerprint density at radius 2 is 0.667 bits per heavy atom. The molecule has 0 radical (unpaired) electrons. The molecule has 7 heteroatoms. The minimum atomic E-state index is 0. The third-order valence-electron chi connectivity index (χ3n) is 8.44. The molecule has 48 heavy (non-hydrogen) atoms. The normalized spacial score (nSPS) is 10.7. The van der Waals surface area contributed by atoms with Gasteiger partial charge in [0.15, 0.2) is 12.4 Å². The van der Waals surface area contributed by atoms with Crippen molar-refractivity contribution in [3.63, 3.8) is 0 Å². The molecule has 0 N–H and O–H groups in total. The summed E-state index contributed by atoms with van der Waals surface area (Å²) in [6.07, 6.45) is 38.2. The van der Waals surface area contributed by atoms with Crippen LogP contribution >= 0.6 is 0 Å². The maximum absolute atomic E-state index is 10.6. The van der Waals surface area contributed by atoms with Gasteiger partial charge in [0.2, 0.25) is 0 Å². The van der Waals surface area contributed by atoms with E-state index in [9.17, 15) is 4.79 Å². The molecule has 0 atom stereocenters. The van der Waals surface area contributed by atoms with Crippen LogP contribution in [0.3, 0.4) is 0 Å². The van der Waals surface area contributed by atoms with Crippen LogP contribution in [-0.4, -0.2) is 70.2 Å². The lowest BCUT2D eigenvalue weighted by atomic mass is 10.0. The van der Waals surface area contributed by atoms with Crippen LogP contribution in [0.1, 0.15) is 180 Å². The monoisotopic (exact) mass is 784 g/mol. The predicted octanol–water partition coefficient (Wildman–Crippen LogP) is 2.43. The Morgan fingerprint density at radius 1 is 0.438 bits per heavy atom. The van der Waals surface area contributed by atoms with Crippen molar-refractivity contribution in [3.05, 3.63) is 30.6 Å². The van der Waals surface area contributed by atoms with Crippen LogP contribution in [-0.2, 0) is 0 Å². The molecule has 0 spiro atoms. The Morgan fingerprint density at radius 3 is 0.854 bits per heavy atom. The summed E-state index contributed by atoms with van der Waals surface area (Å²) in [7, 11) is 13.7. The highest BCUT2D eigenvalue weighted by atomic mass is 79.9. The number of unbranched alkanes of at least 4 members (excludes halogenated alkanes) is 22. The van der Waals surface area contributed by atoms with Gasteiger partial charge < -0.3 is 50.8 Å². The van der Waals surface area contributed by atoms with Gasteiger partial charge in [-0.1, -0.05) is 148 Å². The number of carbonyl (C=O) groups excluding carboxylic acids is 1. The number of pyridine rings is 1. The second-order valence-corrected chi connectivity index (χ2v) is 15.6. The van der Waals surface area contributed by atoms with Crippen LogP contribution in [0.2, 0.25) is 0 Å². The maximum Gasteiger partial charge on any atom is 0.389 e. The molecule has 0 aliphatic carbocycles. The third-order valence-corrected chi connectivity index (χ3v) is 8.44. The Bertz CT molecular complexity index is 739. The third kappa shape index (κ3) is 52.6. The van der Waals surface area contributed by atoms with Gasteiger partial charge in [0, 0.05) is 12.1 Å². The lowest BCUT2D eigenvalue weighted by Gasteiger charge is -2.23. The van der Waals surface area contributed by atoms with Gasteiger partial charge in [0.1, 0.15) is 0 Å². The first-order valence-corrected chi connectivity index (χ1v) is 19.5. The van der Waals surface area contributed by atoms with E-state index in [4.69, 9.17) is 0 Å². The van der Waals surface area contributed by atoms with Crippen LogP contribution in [0.5, 0.6) is 0 Å². The first kappa shape index (κ1) is 57.2. The Kier molecular flexibility index (Phi) is 49.1. The molecule has 1 aromatic rings. The van der Waals surface area contributed by atoms with Crippen LogP contribution in [0.4, 0.5) is 0 Å². The molecule has 0 amide bonds. The van der Waals surface area contributed by atoms with E-state index in [1.165, 1.54) is 179 Å². The number of hydrogen-bond donors (Lipinski definition) is 0. The number of rotatable bonds is 26. The number of halogens is 3. The van der Waals surface area contributed by atoms with Crippen molar-refractivity contribution in [2.75, 3.05) is 55.4 Å². The fraction of sp³-hybridized carbons (Fsp3) is 0.854. The van der Waals surface area contributed by atoms with Crippen molar-refractivity contribution in [2.24, 2.45) is 0 Å². The summed E-state index contributed by atoms with van der Waals surface area (Å²) >= 11 is 0. The highest BCUT2D eigenvalue weighted by Gasteiger charge is 2.06. The van der Waals surface area contributed by atoms with Crippen molar-refractivity contribution in [2.45, 2.75) is 175 Å². The van der Waals surface area contributed by atoms with Crippen LogP contribution in [0.15, 0.2) is 30.6 Å². The molecule has 0 unspecified atom stereocenters. The zero-order chi connectivity index (χ0) is 34.1. The molecule has 4 nitrogen and oxygen atoms in total. The first-order chi connectivity index (χ1) is 21.4. The number of carbonyl (C=O) groups is 1. The molecule has 0 aliphatic heterocycles. The average molecular weight is 786 g/mol. The van der Waals surface area contributed by atoms with Crippen LogP contribution in [0, 0.1) is 0 Å². The molecular weight excluding hydrogens is 701 g/mol. The van der Waals surface area contributed by atoms with Gasteiger partial charge in [-0.3, -0.25) is 0 Å². The summed E-state index contributed by atoms with van der Waals surface area (Å²) in [6.45, 7) is 8.77. The molecule has 0 aromatic carbocycles. The van der Waals surface area contributed by atoms with Crippen molar-refractivity contribution >= 4 is 5.91 Å². The summed E-state index contributed by atoms with van der Waals surface area (Å²) in [4.78, 5) is 10.6. The second kappa shape index (κ2) is 41.2. The molecule has 0 saturated heterocycles. The van der Waals surface area contributed by atoms with Crippen molar-refractivity contribution < 1.29 is 60.1 Å². The summed E-state index contributed by atoms with van der Waals surface area (Å²) in [5.74, 6) is 0.0376. The second-order valence-electron chi connectivity index (χ2n) is 15.6. The van der Waals surface area contributed by atoms with Crippen molar-refractivity contribution in [1.82, 2.24) is 0 Å². The van der Waals surface area contributed by atoms with Crippen molar-refractivity contribution in [1.29, 1.82) is 0 Å². The van der Waals surface area contributed by atoms with Crippen LogP contribution < -0.4 is 46.4 Å². The summed E-state index contributed by atoms with van der Waals surface area (Å²) in [5, 5.41) is 0. The SMILES string of the molecule is CC(=O)[n+]1ccccc1.CCCCCCCCCCCCCCCC[N+](C)(C)C.CCCCCCCCCCCC[N+](C)(C)C.[Br-].[Cl-].[Cl-]. The largest absolute Gasteiger partial charge is 1.00 e. The van der Waals surface area contributed by atoms with E-state index < -0.39 is 0 Å². The minimum absolute atomic E-state index is 0. The molecule has 1 rings (SSSR count). The highest BCUT2D eigenvalue weighted by Crippen LogP contribution is 2.13. The molecule has 0 aliphatic rings. The van der Waals surface area contributed by atoms with Gasteiger partial charge in [0.05, 0.1) is 62.3 Å². The van der Waals surface area contributed by atoms with E-state index in [-0.39, 0.29) is 47.7 Å². The fourth-order valence-corrected chi connectivity index (χ4v) is 5.46. The standard InChI is InChI=1S/C19H42N.C15H34N.C7H8NO.BrH.2ClH/c1-5-6-7-8-9-10-11-12-13-14-15-16-17-18-19-20(2,3)4;1-5-6-7-8-9-10-11-12-13-14-15-16(2,3)4;1-7(9)8-5-3-2-4-6-8;;;/h5-19H2,1-4H3;5-15H2,1-4H3;2-6H,1H3;3*1H/q3*+1;;;/p-3. The Hall–Kier alpha value is -0.200. The predicted molar refractivity (Wildman–Crippen MR) is 201 cm³/mol. The molecule has 1 aromatic heterocycles. The van der Waals surface area contributed by atoms with E-state index in [1.54, 1.807) is 12.4 Å². The van der Waals surface area contributed by atoms with E-state index in [0.29, 0.717) is 0 Å². The maximum atomic E-state index is 10.6. The molecular formula is C41H84BrCl2N3O. The fourth-order valence-electron chi connectivity index (χ4n) is 5.46. The molecule has 0 fully saturated rings. The Balaban J connectivity index is -0.000000198. The first-order valence-electron chi connectivity index (χ1n) is 19.5. The zero-order valence-electron chi connectivity index (χ0n) is 33.7. The van der Waals surface area contributed by atoms with Crippen LogP contribution in [0.25, 0.3) is 0 Å². The summed E-state index contributed by atoms with van der Waals surface area (Å²) in [6, 6.07) is 5.52. The van der Waals surface area contributed by atoms with Gasteiger partial charge >= 0.3 is 5.91 Å². The van der Waals surface area contributed by atoms with Gasteiger partial charge in [-0.15, -0.1) is 4.57 Å². The quantitative estimate of drug-likeness (QED) is 0.0805. The van der Waals surface area contributed by atoms with E-state index in [1.807, 2.05) is 18.2 Å². The average Bonchev–Trinajstić information content (AvgIpc) is 2.98. The number of quaternary nitrogens is 2. The van der Waals surface area contributed by atoms with E-state index in [2.05, 4.69) is 56.1 Å². The van der Waals surface area contributed by atoms with Gasteiger partial charge in [-0.2, -0.15) is 0 Å². The summed E-state index contributed by atoms with van der Waals surface area (Å²) in [5.41, 5.74) is 0. The van der Waals surface area contributed by atoms with E-state index in [0.717, 1.165) is 8.97 Å². The topological polar surface area (TPSA) is 20.9 Å². The Labute approximate surface area is 325 Å². The number of nitrogens with zero attached hydrogens (tertiary/aromatic N) is 3. The lowest BCUT2D eigenvalue weighted by Crippen LogP contribution is -3.00. The zero-order valence-corrected chi connectivity index (χ0v) is 36.8.